The van der Waals surface area contributed by atoms with Gasteiger partial charge in [-0.25, -0.2) is 9.37 Å². The molecule has 1 atom stereocenters. The molecule has 7 heteroatoms. The predicted octanol–water partition coefficient (Wildman–Crippen LogP) is 6.32. The van der Waals surface area contributed by atoms with E-state index in [4.69, 9.17) is 4.74 Å². The highest BCUT2D eigenvalue weighted by Gasteiger charge is 2.31. The zero-order chi connectivity index (χ0) is 25.3. The van der Waals surface area contributed by atoms with Gasteiger partial charge in [-0.3, -0.25) is 0 Å². The Morgan fingerprint density at radius 3 is 2.47 bits per heavy atom. The Hall–Kier alpha value is -4.13. The first-order valence-electron chi connectivity index (χ1n) is 11.9. The van der Waals surface area contributed by atoms with Crippen molar-refractivity contribution in [1.29, 1.82) is 0 Å². The third kappa shape index (κ3) is 4.96. The van der Waals surface area contributed by atoms with Crippen LogP contribution < -0.4 is 4.74 Å². The minimum Gasteiger partial charge on any atom is -0.487 e. The van der Waals surface area contributed by atoms with Gasteiger partial charge in [-0.15, -0.1) is 10.2 Å². The van der Waals surface area contributed by atoms with E-state index in [0.29, 0.717) is 12.4 Å². The molecule has 0 N–H and O–H groups in total. The van der Waals surface area contributed by atoms with Crippen LogP contribution in [0.3, 0.4) is 0 Å². The van der Waals surface area contributed by atoms with Gasteiger partial charge in [0.05, 0.1) is 18.3 Å². The monoisotopic (exact) mass is 481 g/mol. The quantitative estimate of drug-likeness (QED) is 0.284. The number of nitrogens with zero attached hydrogens (tertiary/aromatic N) is 5. The van der Waals surface area contributed by atoms with E-state index in [1.807, 2.05) is 30.3 Å². The van der Waals surface area contributed by atoms with Crippen LogP contribution in [-0.2, 0) is 13.7 Å². The third-order valence-electron chi connectivity index (χ3n) is 6.18. The summed E-state index contributed by atoms with van der Waals surface area (Å²) in [5, 5.41) is 13.6. The van der Waals surface area contributed by atoms with E-state index in [1.165, 1.54) is 22.5 Å². The molecule has 182 valence electrons. The van der Waals surface area contributed by atoms with E-state index in [-0.39, 0.29) is 17.2 Å². The van der Waals surface area contributed by atoms with Gasteiger partial charge in [0.1, 0.15) is 18.2 Å². The summed E-state index contributed by atoms with van der Waals surface area (Å²) in [5.41, 5.74) is 4.61. The lowest BCUT2D eigenvalue weighted by atomic mass is 9.71. The Bertz CT molecular complexity index is 1510. The number of fused-ring (bicyclic) bond motifs is 1. The van der Waals surface area contributed by atoms with Gasteiger partial charge in [-0.05, 0) is 64.2 Å². The molecule has 0 fully saturated rings. The minimum absolute atomic E-state index is 0.0646. The van der Waals surface area contributed by atoms with Crippen LogP contribution in [0.2, 0.25) is 0 Å². The zero-order valence-electron chi connectivity index (χ0n) is 20.8. The summed E-state index contributed by atoms with van der Waals surface area (Å²) in [4.78, 5) is 6.09. The number of rotatable bonds is 6. The molecule has 5 rings (SSSR count). The van der Waals surface area contributed by atoms with Crippen molar-refractivity contribution in [3.63, 3.8) is 0 Å². The van der Waals surface area contributed by atoms with Crippen molar-refractivity contribution in [3.8, 4) is 17.1 Å². The molecule has 0 amide bonds. The van der Waals surface area contributed by atoms with Crippen molar-refractivity contribution in [2.45, 2.75) is 33.3 Å². The second-order valence-electron chi connectivity index (χ2n) is 9.99. The Labute approximate surface area is 209 Å². The number of aromatic nitrogens is 5. The maximum Gasteiger partial charge on any atom is 0.205 e. The molecule has 0 saturated heterocycles. The largest absolute Gasteiger partial charge is 0.487 e. The van der Waals surface area contributed by atoms with Gasteiger partial charge in [0.25, 0.3) is 0 Å². The van der Waals surface area contributed by atoms with Crippen LogP contribution in [0.25, 0.3) is 22.3 Å². The van der Waals surface area contributed by atoms with Gasteiger partial charge in [-0.2, -0.15) is 4.80 Å². The smallest absolute Gasteiger partial charge is 0.205 e. The van der Waals surface area contributed by atoms with E-state index in [2.05, 4.69) is 71.5 Å². The third-order valence-corrected chi connectivity index (χ3v) is 6.18. The maximum atomic E-state index is 13.5. The van der Waals surface area contributed by atoms with Crippen molar-refractivity contribution in [3.05, 3.63) is 102 Å². The highest BCUT2D eigenvalue weighted by molar-refractivity contribution is 5.78. The molecule has 1 unspecified atom stereocenters. The van der Waals surface area contributed by atoms with Crippen LogP contribution in [0, 0.1) is 11.2 Å². The Kier molecular flexibility index (Phi) is 6.22. The highest BCUT2D eigenvalue weighted by atomic mass is 19.1. The molecule has 0 aliphatic rings. The Morgan fingerprint density at radius 2 is 1.75 bits per heavy atom. The van der Waals surface area contributed by atoms with Crippen molar-refractivity contribution in [2.24, 2.45) is 12.5 Å². The molecule has 0 bridgehead atoms. The van der Waals surface area contributed by atoms with E-state index in [0.717, 1.165) is 33.5 Å². The number of aryl methyl sites for hydroxylation is 1. The van der Waals surface area contributed by atoms with E-state index in [9.17, 15) is 4.39 Å². The molecule has 0 saturated carbocycles. The maximum absolute atomic E-state index is 13.5. The van der Waals surface area contributed by atoms with Crippen LogP contribution in [-0.4, -0.2) is 25.2 Å². The second-order valence-corrected chi connectivity index (χ2v) is 9.99. The van der Waals surface area contributed by atoms with Gasteiger partial charge in [-0.1, -0.05) is 57.2 Å². The number of halogens is 1. The number of pyridine rings is 1. The summed E-state index contributed by atoms with van der Waals surface area (Å²) in [5.74, 6) is 1.09. The number of benzene rings is 3. The van der Waals surface area contributed by atoms with Crippen LogP contribution >= 0.6 is 0 Å². The minimum atomic E-state index is -0.273. The summed E-state index contributed by atoms with van der Waals surface area (Å²) in [6.45, 7) is 6.98. The van der Waals surface area contributed by atoms with Crippen LogP contribution in [0.1, 0.15) is 43.5 Å². The van der Waals surface area contributed by atoms with Crippen LogP contribution in [0.4, 0.5) is 4.39 Å². The highest BCUT2D eigenvalue weighted by Crippen LogP contribution is 2.44. The van der Waals surface area contributed by atoms with Crippen molar-refractivity contribution >= 4 is 10.9 Å². The van der Waals surface area contributed by atoms with Gasteiger partial charge in [0.15, 0.2) is 0 Å². The molecular weight excluding hydrogens is 453 g/mol. The van der Waals surface area contributed by atoms with Gasteiger partial charge < -0.3 is 4.74 Å². The van der Waals surface area contributed by atoms with Crippen molar-refractivity contribution < 1.29 is 9.13 Å². The van der Waals surface area contributed by atoms with Gasteiger partial charge >= 0.3 is 0 Å². The summed E-state index contributed by atoms with van der Waals surface area (Å²) >= 11 is 0. The molecule has 5 aromatic rings. The number of ether oxygens (including phenoxy) is 1. The fourth-order valence-electron chi connectivity index (χ4n) is 4.63. The number of hydrogen-bond donors (Lipinski definition) is 0. The molecule has 0 aliphatic carbocycles. The average Bonchev–Trinajstić information content (AvgIpc) is 3.28. The fourth-order valence-corrected chi connectivity index (χ4v) is 4.63. The number of tetrazole rings is 1. The standard InChI is InChI=1S/C29H28FN5O/c1-29(2,3)27(19-8-6-5-7-9-19)25-17-23(13-14-24(25)28-32-34-35(4)33-28)36-18-22-12-10-20-16-21(30)11-15-26(20)31-22/h5-17,27H,18H2,1-4H3. The van der Waals surface area contributed by atoms with Crippen molar-refractivity contribution in [2.75, 3.05) is 0 Å². The van der Waals surface area contributed by atoms with Gasteiger partial charge in [0, 0.05) is 16.9 Å². The summed E-state index contributed by atoms with van der Waals surface area (Å²) in [6.07, 6.45) is 0. The first-order valence-corrected chi connectivity index (χ1v) is 11.9. The molecule has 3 aromatic carbocycles. The second kappa shape index (κ2) is 9.49. The first-order chi connectivity index (χ1) is 17.3. The predicted molar refractivity (Wildman–Crippen MR) is 138 cm³/mol. The van der Waals surface area contributed by atoms with Crippen molar-refractivity contribution in [1.82, 2.24) is 25.2 Å². The topological polar surface area (TPSA) is 65.7 Å². The van der Waals surface area contributed by atoms with E-state index < -0.39 is 0 Å². The fraction of sp³-hybridized carbons (Fsp3) is 0.241. The Morgan fingerprint density at radius 1 is 0.944 bits per heavy atom. The Balaban J connectivity index is 1.52. The van der Waals surface area contributed by atoms with E-state index in [1.54, 1.807) is 13.1 Å². The SMILES string of the molecule is Cn1nnc(-c2ccc(OCc3ccc4cc(F)ccc4n3)cc2C(c2ccccc2)C(C)(C)C)n1. The summed E-state index contributed by atoms with van der Waals surface area (Å²) < 4.78 is 19.7. The van der Waals surface area contributed by atoms with E-state index >= 15 is 0 Å². The lowest BCUT2D eigenvalue weighted by Gasteiger charge is -2.33. The average molecular weight is 482 g/mol. The molecule has 0 spiro atoms. The first kappa shape index (κ1) is 23.6. The molecule has 2 aromatic heterocycles. The van der Waals surface area contributed by atoms with Crippen LogP contribution in [0.5, 0.6) is 5.75 Å². The number of hydrogen-bond acceptors (Lipinski definition) is 5. The molecular formula is C29H28FN5O. The lowest BCUT2D eigenvalue weighted by molar-refractivity contribution is 0.300. The van der Waals surface area contributed by atoms with Crippen LogP contribution in [0.15, 0.2) is 78.9 Å². The normalized spacial score (nSPS) is 12.6. The summed E-state index contributed by atoms with van der Waals surface area (Å²) in [7, 11) is 1.76. The molecule has 0 aliphatic heterocycles. The summed E-state index contributed by atoms with van der Waals surface area (Å²) in [6, 6.07) is 24.8. The zero-order valence-corrected chi connectivity index (χ0v) is 20.8. The lowest BCUT2D eigenvalue weighted by Crippen LogP contribution is -2.20. The molecule has 2 heterocycles. The molecule has 36 heavy (non-hydrogen) atoms. The molecule has 6 nitrogen and oxygen atoms in total. The molecule has 0 radical (unpaired) electrons. The van der Waals surface area contributed by atoms with Gasteiger partial charge in [0.2, 0.25) is 5.82 Å².